The van der Waals surface area contributed by atoms with Gasteiger partial charge in [-0.1, -0.05) is 24.3 Å². The smallest absolute Gasteiger partial charge is 0.408 e. The van der Waals surface area contributed by atoms with Gasteiger partial charge in [0.05, 0.1) is 6.54 Å². The summed E-state index contributed by atoms with van der Waals surface area (Å²) in [6, 6.07) is 8.24. The largest absolute Gasteiger partial charge is 0.465 e. The molecule has 1 aromatic carbocycles. The van der Waals surface area contributed by atoms with Crippen LogP contribution in [0.4, 0.5) is 9.59 Å². The molecule has 0 radical (unpaired) electrons. The van der Waals surface area contributed by atoms with E-state index in [1.807, 2.05) is 0 Å². The van der Waals surface area contributed by atoms with Crippen LogP contribution in [0.3, 0.4) is 0 Å². The highest BCUT2D eigenvalue weighted by Gasteiger charge is 2.52. The van der Waals surface area contributed by atoms with E-state index in [0.29, 0.717) is 5.56 Å². The maximum atomic E-state index is 13.4. The van der Waals surface area contributed by atoms with E-state index in [0.717, 1.165) is 9.80 Å². The van der Waals surface area contributed by atoms with Crippen molar-refractivity contribution in [2.75, 3.05) is 19.6 Å². The van der Waals surface area contributed by atoms with Gasteiger partial charge in [0, 0.05) is 18.7 Å². The summed E-state index contributed by atoms with van der Waals surface area (Å²) in [5, 5.41) is 12.2. The highest BCUT2D eigenvalue weighted by Crippen LogP contribution is 2.28. The molecule has 2 N–H and O–H groups in total. The van der Waals surface area contributed by atoms with E-state index in [2.05, 4.69) is 11.9 Å². The lowest BCUT2D eigenvalue weighted by Gasteiger charge is -2.47. The SMILES string of the molecule is C=CC[C@@]1(CNC(=O)OC(C)(C)C)C(=O)N(C(=O)c2ccccc2)CCN1C(=O)O. The van der Waals surface area contributed by atoms with E-state index in [9.17, 15) is 24.3 Å². The Morgan fingerprint density at radius 1 is 1.23 bits per heavy atom. The number of nitrogens with zero attached hydrogens (tertiary/aromatic N) is 2. The van der Waals surface area contributed by atoms with Crippen molar-refractivity contribution in [2.45, 2.75) is 38.3 Å². The summed E-state index contributed by atoms with van der Waals surface area (Å²) < 4.78 is 5.19. The van der Waals surface area contributed by atoms with Gasteiger partial charge in [0.1, 0.15) is 11.1 Å². The normalized spacial score (nSPS) is 19.2. The Hall–Kier alpha value is -3.36. The second-order valence-corrected chi connectivity index (χ2v) is 7.94. The van der Waals surface area contributed by atoms with Crippen LogP contribution in [-0.4, -0.2) is 69.7 Å². The third kappa shape index (κ3) is 4.97. The summed E-state index contributed by atoms with van der Waals surface area (Å²) in [5.41, 5.74) is -2.18. The first kappa shape index (κ1) is 22.9. The van der Waals surface area contributed by atoms with Crippen molar-refractivity contribution in [3.63, 3.8) is 0 Å². The van der Waals surface area contributed by atoms with Crippen LogP contribution in [0.15, 0.2) is 43.0 Å². The standard InChI is InChI=1S/C21H27N3O6/c1-5-11-21(14-22-18(27)30-20(2,3)4)17(26)23(12-13-24(21)19(28)29)16(25)15-9-7-6-8-10-15/h5-10H,1,11-14H2,2-4H3,(H,22,27)(H,28,29)/t21-/m1/s1. The number of benzene rings is 1. The first-order chi connectivity index (χ1) is 14.0. The predicted octanol–water partition coefficient (Wildman–Crippen LogP) is 2.49. The number of piperazine rings is 1. The van der Waals surface area contributed by atoms with Gasteiger partial charge in [-0.05, 0) is 39.3 Å². The highest BCUT2D eigenvalue weighted by molar-refractivity contribution is 6.08. The molecule has 0 saturated carbocycles. The molecule has 4 amide bonds. The molecule has 9 heteroatoms. The van der Waals surface area contributed by atoms with Crippen LogP contribution < -0.4 is 5.32 Å². The fourth-order valence-corrected chi connectivity index (χ4v) is 3.30. The minimum Gasteiger partial charge on any atom is -0.465 e. The number of amides is 4. The molecule has 9 nitrogen and oxygen atoms in total. The molecule has 0 unspecified atom stereocenters. The molecular weight excluding hydrogens is 390 g/mol. The molecule has 162 valence electrons. The van der Waals surface area contributed by atoms with Gasteiger partial charge in [-0.2, -0.15) is 0 Å². The van der Waals surface area contributed by atoms with Crippen molar-refractivity contribution in [1.29, 1.82) is 0 Å². The molecule has 0 aliphatic carbocycles. The van der Waals surface area contributed by atoms with Gasteiger partial charge in [-0.25, -0.2) is 9.59 Å². The highest BCUT2D eigenvalue weighted by atomic mass is 16.6. The zero-order valence-electron chi connectivity index (χ0n) is 17.4. The molecular formula is C21H27N3O6. The minimum absolute atomic E-state index is 0.0908. The average Bonchev–Trinajstić information content (AvgIpc) is 2.67. The quantitative estimate of drug-likeness (QED) is 0.562. The van der Waals surface area contributed by atoms with Gasteiger partial charge < -0.3 is 15.2 Å². The Kier molecular flexibility index (Phi) is 6.86. The number of hydrogen-bond acceptors (Lipinski definition) is 5. The van der Waals surface area contributed by atoms with E-state index in [-0.39, 0.29) is 26.1 Å². The van der Waals surface area contributed by atoms with Crippen LogP contribution in [0.1, 0.15) is 37.6 Å². The Morgan fingerprint density at radius 3 is 2.40 bits per heavy atom. The summed E-state index contributed by atoms with van der Waals surface area (Å²) in [6.45, 7) is 8.12. The lowest BCUT2D eigenvalue weighted by molar-refractivity contribution is -0.145. The van der Waals surface area contributed by atoms with Crippen molar-refractivity contribution in [2.24, 2.45) is 0 Å². The Balaban J connectivity index is 2.36. The van der Waals surface area contributed by atoms with Crippen LogP contribution in [0.2, 0.25) is 0 Å². The fraction of sp³-hybridized carbons (Fsp3) is 0.429. The third-order valence-corrected chi connectivity index (χ3v) is 4.61. The number of ether oxygens (including phenoxy) is 1. The summed E-state index contributed by atoms with van der Waals surface area (Å²) >= 11 is 0. The van der Waals surface area contributed by atoms with E-state index < -0.39 is 35.1 Å². The molecule has 1 aromatic rings. The van der Waals surface area contributed by atoms with E-state index in [1.165, 1.54) is 6.08 Å². The Labute approximate surface area is 175 Å². The monoisotopic (exact) mass is 417 g/mol. The van der Waals surface area contributed by atoms with Crippen LogP contribution in [-0.2, 0) is 9.53 Å². The molecule has 1 aliphatic rings. The van der Waals surface area contributed by atoms with E-state index in [4.69, 9.17) is 4.74 Å². The molecule has 1 heterocycles. The lowest BCUT2D eigenvalue weighted by Crippen LogP contribution is -2.71. The number of rotatable bonds is 5. The van der Waals surface area contributed by atoms with Gasteiger partial charge in [0.2, 0.25) is 0 Å². The summed E-state index contributed by atoms with van der Waals surface area (Å²) in [6.07, 6.45) is -0.827. The number of carbonyl (C=O) groups is 4. The summed E-state index contributed by atoms with van der Waals surface area (Å²) in [7, 11) is 0. The number of carbonyl (C=O) groups excluding carboxylic acids is 3. The number of imide groups is 1. The molecule has 0 aromatic heterocycles. The van der Waals surface area contributed by atoms with Crippen LogP contribution >= 0.6 is 0 Å². The molecule has 1 aliphatic heterocycles. The molecule has 0 bridgehead atoms. The molecule has 1 fully saturated rings. The zero-order chi connectivity index (χ0) is 22.5. The number of nitrogens with one attached hydrogen (secondary N) is 1. The average molecular weight is 417 g/mol. The number of alkyl carbamates (subject to hydrolysis) is 1. The van der Waals surface area contributed by atoms with Gasteiger partial charge in [-0.3, -0.25) is 19.4 Å². The first-order valence-corrected chi connectivity index (χ1v) is 9.51. The molecule has 0 spiro atoms. The molecule has 1 atom stereocenters. The van der Waals surface area contributed by atoms with Crippen molar-refractivity contribution in [1.82, 2.24) is 15.1 Å². The third-order valence-electron chi connectivity index (χ3n) is 4.61. The predicted molar refractivity (Wildman–Crippen MR) is 109 cm³/mol. The van der Waals surface area contributed by atoms with Crippen LogP contribution in [0.25, 0.3) is 0 Å². The summed E-state index contributed by atoms with van der Waals surface area (Å²) in [4.78, 5) is 52.4. The number of hydrogen-bond donors (Lipinski definition) is 2. The van der Waals surface area contributed by atoms with Crippen LogP contribution in [0, 0.1) is 0 Å². The van der Waals surface area contributed by atoms with Crippen molar-refractivity contribution in [3.8, 4) is 0 Å². The molecule has 1 saturated heterocycles. The fourth-order valence-electron chi connectivity index (χ4n) is 3.30. The van der Waals surface area contributed by atoms with Crippen molar-refractivity contribution >= 4 is 24.0 Å². The van der Waals surface area contributed by atoms with Crippen LogP contribution in [0.5, 0.6) is 0 Å². The van der Waals surface area contributed by atoms with E-state index in [1.54, 1.807) is 51.1 Å². The van der Waals surface area contributed by atoms with Gasteiger partial charge in [0.25, 0.3) is 11.8 Å². The molecule has 30 heavy (non-hydrogen) atoms. The van der Waals surface area contributed by atoms with Gasteiger partial charge in [0.15, 0.2) is 0 Å². The second kappa shape index (κ2) is 8.98. The second-order valence-electron chi connectivity index (χ2n) is 7.94. The molecule has 2 rings (SSSR count). The zero-order valence-corrected chi connectivity index (χ0v) is 17.4. The van der Waals surface area contributed by atoms with Crippen molar-refractivity contribution < 1.29 is 29.0 Å². The maximum Gasteiger partial charge on any atom is 0.408 e. The van der Waals surface area contributed by atoms with Crippen molar-refractivity contribution in [3.05, 3.63) is 48.6 Å². The van der Waals surface area contributed by atoms with Gasteiger partial charge in [-0.15, -0.1) is 6.58 Å². The summed E-state index contributed by atoms with van der Waals surface area (Å²) in [5.74, 6) is -1.25. The first-order valence-electron chi connectivity index (χ1n) is 9.51. The lowest BCUT2D eigenvalue weighted by atomic mass is 9.88. The van der Waals surface area contributed by atoms with E-state index >= 15 is 0 Å². The topological polar surface area (TPSA) is 116 Å². The number of carboxylic acid groups (broad SMARTS) is 1. The Bertz CT molecular complexity index is 833. The maximum absolute atomic E-state index is 13.4. The minimum atomic E-state index is -1.72. The Morgan fingerprint density at radius 2 is 1.87 bits per heavy atom. The van der Waals surface area contributed by atoms with Gasteiger partial charge >= 0.3 is 12.2 Å².